The molecule has 7 atom stereocenters. The molecule has 0 radical (unpaired) electrons. The van der Waals surface area contributed by atoms with E-state index in [0.717, 1.165) is 24.2 Å². The van der Waals surface area contributed by atoms with E-state index in [1.807, 2.05) is 0 Å². The van der Waals surface area contributed by atoms with Gasteiger partial charge >= 0.3 is 0 Å². The van der Waals surface area contributed by atoms with Crippen LogP contribution in [0.4, 0.5) is 0 Å². The van der Waals surface area contributed by atoms with E-state index >= 15 is 0 Å². The second-order valence-corrected chi connectivity index (χ2v) is 18.0. The van der Waals surface area contributed by atoms with Crippen molar-refractivity contribution in [2.24, 2.45) is 34.5 Å². The first-order valence-corrected chi connectivity index (χ1v) is 16.2. The lowest BCUT2D eigenvalue weighted by Crippen LogP contribution is -2.58. The molecule has 0 amide bonds. The molecule has 0 aromatic carbocycles. The molecule has 0 aromatic rings. The number of hydrogen-bond acceptors (Lipinski definition) is 5. The van der Waals surface area contributed by atoms with E-state index in [1.54, 1.807) is 5.57 Å². The summed E-state index contributed by atoms with van der Waals surface area (Å²) in [5.41, 5.74) is 2.31. The van der Waals surface area contributed by atoms with Crippen LogP contribution in [0.5, 0.6) is 0 Å². The Hall–Kier alpha value is 1.10. The van der Waals surface area contributed by atoms with Crippen LogP contribution in [0.25, 0.3) is 0 Å². The summed E-state index contributed by atoms with van der Waals surface area (Å²) < 4.78 is 0.758. The molecule has 2 saturated heterocycles. The van der Waals surface area contributed by atoms with E-state index in [0.29, 0.717) is 19.5 Å². The Morgan fingerprint density at radius 3 is 2.33 bits per heavy atom. The highest BCUT2D eigenvalue weighted by molar-refractivity contribution is 8.21. The number of hydrogen-bond donors (Lipinski definition) is 1. The minimum Gasteiger partial charge on any atom is -0.393 e. The van der Waals surface area contributed by atoms with Gasteiger partial charge in [0.15, 0.2) is 0 Å². The molecular formula is C25H38OS4. The number of allylic oxidation sites excluding steroid dienone is 1. The van der Waals surface area contributed by atoms with Crippen LogP contribution in [0.1, 0.15) is 65.7 Å². The number of rotatable bonds is 1. The standard InChI is InChI=1S/C25H38OS4/c1-22-8-9-25(29-12-13-30-25)14-16(22)4-5-17-18-6-7-20(24(3)27-10-11-28-24)23(18,2)15-19(26)21(17)22/h14,17-21,26H,4-13,15H2,1-3H3/t17-,18-,19-,20-,21+,22+,23+/m1/s1. The van der Waals surface area contributed by atoms with Crippen LogP contribution in [-0.4, -0.2) is 42.4 Å². The highest BCUT2D eigenvalue weighted by Crippen LogP contribution is 2.71. The van der Waals surface area contributed by atoms with Crippen molar-refractivity contribution < 1.29 is 5.11 Å². The van der Waals surface area contributed by atoms with Crippen LogP contribution >= 0.6 is 47.0 Å². The van der Waals surface area contributed by atoms with Gasteiger partial charge in [0.05, 0.1) is 14.3 Å². The molecule has 6 aliphatic rings. The summed E-state index contributed by atoms with van der Waals surface area (Å²) in [6.45, 7) is 7.68. The van der Waals surface area contributed by atoms with Crippen molar-refractivity contribution in [3.8, 4) is 0 Å². The first-order valence-electron chi connectivity index (χ1n) is 12.3. The lowest BCUT2D eigenvalue weighted by molar-refractivity contribution is -0.128. The molecule has 5 heteroatoms. The van der Waals surface area contributed by atoms with Crippen molar-refractivity contribution in [3.05, 3.63) is 11.6 Å². The molecule has 1 spiro atoms. The minimum atomic E-state index is -0.108. The second kappa shape index (κ2) is 7.30. The van der Waals surface area contributed by atoms with Crippen LogP contribution in [0.2, 0.25) is 0 Å². The highest BCUT2D eigenvalue weighted by atomic mass is 32.2. The summed E-state index contributed by atoms with van der Waals surface area (Å²) in [4.78, 5) is 0. The number of aliphatic hydroxyl groups is 1. The first kappa shape index (κ1) is 21.6. The molecule has 30 heavy (non-hydrogen) atoms. The van der Waals surface area contributed by atoms with Gasteiger partial charge in [-0.15, -0.1) is 47.0 Å². The lowest BCUT2D eigenvalue weighted by atomic mass is 9.46. The SMILES string of the molecule is CC1([C@@H]2CC[C@@H]3[C@H]4CCC5=CC6(CC[C@]5(C)[C@@H]4[C@H](O)C[C@@]32C)SCCS6)SCCS1. The summed E-state index contributed by atoms with van der Waals surface area (Å²) >= 11 is 8.84. The third kappa shape index (κ3) is 2.96. The predicted octanol–water partition coefficient (Wildman–Crippen LogP) is 6.91. The zero-order valence-electron chi connectivity index (χ0n) is 18.8. The van der Waals surface area contributed by atoms with Gasteiger partial charge < -0.3 is 5.11 Å². The van der Waals surface area contributed by atoms with Crippen LogP contribution < -0.4 is 0 Å². The molecule has 0 unspecified atom stereocenters. The van der Waals surface area contributed by atoms with Gasteiger partial charge in [0.2, 0.25) is 0 Å². The van der Waals surface area contributed by atoms with Gasteiger partial charge in [0, 0.05) is 23.0 Å². The quantitative estimate of drug-likeness (QED) is 0.409. The maximum Gasteiger partial charge on any atom is 0.0795 e. The number of fused-ring (bicyclic) bond motifs is 5. The van der Waals surface area contributed by atoms with Crippen molar-refractivity contribution in [1.29, 1.82) is 0 Å². The third-order valence-corrected chi connectivity index (χ3v) is 17.2. The molecule has 0 aromatic heterocycles. The normalized spacial score (nSPS) is 51.3. The first-order chi connectivity index (χ1) is 14.3. The van der Waals surface area contributed by atoms with E-state index in [4.69, 9.17) is 0 Å². The number of thioether (sulfide) groups is 4. The van der Waals surface area contributed by atoms with E-state index < -0.39 is 0 Å². The average Bonchev–Trinajstić information content (AvgIpc) is 3.41. The van der Waals surface area contributed by atoms with Gasteiger partial charge in [-0.3, -0.25) is 0 Å². The Morgan fingerprint density at radius 2 is 1.60 bits per heavy atom. The largest absolute Gasteiger partial charge is 0.393 e. The topological polar surface area (TPSA) is 20.2 Å². The van der Waals surface area contributed by atoms with Crippen LogP contribution in [0, 0.1) is 34.5 Å². The van der Waals surface area contributed by atoms with Crippen molar-refractivity contribution in [3.63, 3.8) is 0 Å². The molecule has 4 aliphatic carbocycles. The molecule has 1 nitrogen and oxygen atoms in total. The molecule has 1 N–H and O–H groups in total. The highest BCUT2D eigenvalue weighted by Gasteiger charge is 2.65. The van der Waals surface area contributed by atoms with Crippen LogP contribution in [-0.2, 0) is 0 Å². The Labute approximate surface area is 200 Å². The van der Waals surface area contributed by atoms with Crippen LogP contribution in [0.3, 0.4) is 0 Å². The minimum absolute atomic E-state index is 0.108. The van der Waals surface area contributed by atoms with Gasteiger partial charge in [0.1, 0.15) is 0 Å². The monoisotopic (exact) mass is 482 g/mol. The predicted molar refractivity (Wildman–Crippen MR) is 138 cm³/mol. The van der Waals surface area contributed by atoms with Crippen molar-refractivity contribution in [2.45, 2.75) is 80.0 Å². The molecule has 168 valence electrons. The Bertz CT molecular complexity index is 739. The Kier molecular flexibility index (Phi) is 5.26. The Balaban J connectivity index is 1.32. The Morgan fingerprint density at radius 1 is 0.900 bits per heavy atom. The third-order valence-electron chi connectivity index (χ3n) is 10.3. The van der Waals surface area contributed by atoms with Gasteiger partial charge in [0.25, 0.3) is 0 Å². The summed E-state index contributed by atoms with van der Waals surface area (Å²) in [7, 11) is 0. The molecule has 0 bridgehead atoms. The molecule has 5 fully saturated rings. The molecule has 6 rings (SSSR count). The van der Waals surface area contributed by atoms with E-state index in [2.05, 4.69) is 73.9 Å². The maximum absolute atomic E-state index is 11.8. The van der Waals surface area contributed by atoms with Crippen molar-refractivity contribution in [1.82, 2.24) is 0 Å². The van der Waals surface area contributed by atoms with Gasteiger partial charge in [-0.2, -0.15) is 0 Å². The van der Waals surface area contributed by atoms with Gasteiger partial charge in [-0.05, 0) is 86.4 Å². The lowest BCUT2D eigenvalue weighted by Gasteiger charge is -2.61. The van der Waals surface area contributed by atoms with Crippen LogP contribution in [0.15, 0.2) is 11.6 Å². The zero-order chi connectivity index (χ0) is 20.8. The maximum atomic E-state index is 11.8. The van der Waals surface area contributed by atoms with E-state index in [9.17, 15) is 5.11 Å². The molecule has 3 saturated carbocycles. The average molecular weight is 483 g/mol. The van der Waals surface area contributed by atoms with Gasteiger partial charge in [-0.25, -0.2) is 0 Å². The fraction of sp³-hybridized carbons (Fsp3) is 0.920. The fourth-order valence-corrected chi connectivity index (χ4v) is 15.7. The van der Waals surface area contributed by atoms with Crippen molar-refractivity contribution in [2.75, 3.05) is 23.0 Å². The van der Waals surface area contributed by atoms with Crippen molar-refractivity contribution >= 4 is 47.0 Å². The zero-order valence-corrected chi connectivity index (χ0v) is 22.1. The molecule has 2 aliphatic heterocycles. The summed E-state index contributed by atoms with van der Waals surface area (Å²) in [6.07, 6.45) is 11.7. The van der Waals surface area contributed by atoms with E-state index in [1.165, 1.54) is 61.5 Å². The van der Waals surface area contributed by atoms with E-state index in [-0.39, 0.29) is 11.5 Å². The smallest absolute Gasteiger partial charge is 0.0795 e. The second-order valence-electron chi connectivity index (χ2n) is 11.6. The molecule has 2 heterocycles. The summed E-state index contributed by atoms with van der Waals surface area (Å²) in [5.74, 6) is 8.11. The number of aliphatic hydroxyl groups excluding tert-OH is 1. The fourth-order valence-electron chi connectivity index (χ4n) is 9.10. The summed E-state index contributed by atoms with van der Waals surface area (Å²) in [5, 5.41) is 11.8. The summed E-state index contributed by atoms with van der Waals surface area (Å²) in [6, 6.07) is 0. The molecular weight excluding hydrogens is 445 g/mol. The van der Waals surface area contributed by atoms with Gasteiger partial charge in [-0.1, -0.05) is 25.5 Å².